The zero-order chi connectivity index (χ0) is 22.8. The molecule has 32 heavy (non-hydrogen) atoms. The summed E-state index contributed by atoms with van der Waals surface area (Å²) >= 11 is 0. The quantitative estimate of drug-likeness (QED) is 0.631. The lowest BCUT2D eigenvalue weighted by atomic mass is 9.73. The Balaban J connectivity index is 1.60. The number of hydrogen-bond acceptors (Lipinski definition) is 3. The summed E-state index contributed by atoms with van der Waals surface area (Å²) < 4.78 is 38.8. The van der Waals surface area contributed by atoms with Crippen molar-refractivity contribution in [2.75, 3.05) is 32.7 Å². The number of piperazine rings is 1. The summed E-state index contributed by atoms with van der Waals surface area (Å²) in [5.74, 6) is -0.567. The Morgan fingerprint density at radius 1 is 1.09 bits per heavy atom. The third kappa shape index (κ3) is 4.41. The Morgan fingerprint density at radius 2 is 1.72 bits per heavy atom. The Bertz CT molecular complexity index is 914. The molecule has 0 bridgehead atoms. The molecule has 0 aromatic heterocycles. The molecular formula is C25H30F3N3O. The van der Waals surface area contributed by atoms with E-state index in [1.807, 2.05) is 48.5 Å². The van der Waals surface area contributed by atoms with Gasteiger partial charge in [-0.3, -0.25) is 9.69 Å². The molecule has 4 rings (SSSR count). The van der Waals surface area contributed by atoms with Gasteiger partial charge >= 0.3 is 6.18 Å². The van der Waals surface area contributed by atoms with Crippen molar-refractivity contribution in [3.63, 3.8) is 0 Å². The highest BCUT2D eigenvalue weighted by Crippen LogP contribution is 2.51. The summed E-state index contributed by atoms with van der Waals surface area (Å²) in [6.45, 7) is 4.72. The summed E-state index contributed by atoms with van der Waals surface area (Å²) in [6.07, 6.45) is -2.33. The van der Waals surface area contributed by atoms with Crippen LogP contribution in [0.5, 0.6) is 0 Å². The van der Waals surface area contributed by atoms with Crippen LogP contribution in [0.3, 0.4) is 0 Å². The minimum atomic E-state index is -4.45. The summed E-state index contributed by atoms with van der Waals surface area (Å²) in [4.78, 5) is 15.9. The van der Waals surface area contributed by atoms with Crippen molar-refractivity contribution >= 4 is 5.91 Å². The molecule has 0 unspecified atom stereocenters. The van der Waals surface area contributed by atoms with Crippen molar-refractivity contribution in [3.05, 3.63) is 59.7 Å². The molecule has 172 valence electrons. The highest BCUT2D eigenvalue weighted by atomic mass is 19.4. The van der Waals surface area contributed by atoms with E-state index in [-0.39, 0.29) is 0 Å². The lowest BCUT2D eigenvalue weighted by molar-refractivity contribution is -0.141. The van der Waals surface area contributed by atoms with E-state index in [9.17, 15) is 18.0 Å². The summed E-state index contributed by atoms with van der Waals surface area (Å²) in [6, 6.07) is 15.7. The van der Waals surface area contributed by atoms with Gasteiger partial charge in [0, 0.05) is 25.7 Å². The zero-order valence-electron chi connectivity index (χ0n) is 18.3. The Hall–Kier alpha value is -2.38. The highest BCUT2D eigenvalue weighted by molar-refractivity contribution is 6.00. The van der Waals surface area contributed by atoms with Crippen LogP contribution in [0, 0.1) is 0 Å². The number of nitrogens with one attached hydrogen (secondary N) is 2. The van der Waals surface area contributed by atoms with E-state index in [4.69, 9.17) is 0 Å². The fraction of sp³-hybridized carbons (Fsp3) is 0.480. The topological polar surface area (TPSA) is 44.4 Å². The second-order valence-electron chi connectivity index (χ2n) is 8.84. The van der Waals surface area contributed by atoms with Gasteiger partial charge in [0.2, 0.25) is 5.91 Å². The maximum Gasteiger partial charge on any atom is 0.405 e. The van der Waals surface area contributed by atoms with Gasteiger partial charge in [-0.25, -0.2) is 0 Å². The van der Waals surface area contributed by atoms with Gasteiger partial charge in [0.1, 0.15) is 12.0 Å². The van der Waals surface area contributed by atoms with E-state index in [2.05, 4.69) is 22.5 Å². The first-order valence-electron chi connectivity index (χ1n) is 11.3. The van der Waals surface area contributed by atoms with Gasteiger partial charge in [-0.1, -0.05) is 55.0 Å². The largest absolute Gasteiger partial charge is 0.405 e. The maximum absolute atomic E-state index is 13.5. The van der Waals surface area contributed by atoms with Crippen LogP contribution in [-0.4, -0.2) is 55.7 Å². The van der Waals surface area contributed by atoms with Crippen LogP contribution in [0.25, 0.3) is 11.1 Å². The molecule has 7 heteroatoms. The van der Waals surface area contributed by atoms with Gasteiger partial charge in [0.05, 0.1) is 0 Å². The Kier molecular flexibility index (Phi) is 6.58. The first-order chi connectivity index (χ1) is 15.3. The number of unbranched alkanes of at least 4 members (excludes halogenated alkanes) is 1. The van der Waals surface area contributed by atoms with Crippen molar-refractivity contribution in [1.82, 2.24) is 15.5 Å². The van der Waals surface area contributed by atoms with E-state index in [0.717, 1.165) is 61.3 Å². The van der Waals surface area contributed by atoms with E-state index in [1.165, 1.54) is 0 Å². The molecule has 0 spiro atoms. The normalized spacial score (nSPS) is 19.9. The van der Waals surface area contributed by atoms with Crippen molar-refractivity contribution in [2.45, 2.75) is 43.8 Å². The van der Waals surface area contributed by atoms with Crippen LogP contribution in [0.4, 0.5) is 13.2 Å². The molecule has 1 fully saturated rings. The number of alkyl halides is 3. The predicted molar refractivity (Wildman–Crippen MR) is 119 cm³/mol. The van der Waals surface area contributed by atoms with Crippen molar-refractivity contribution in [3.8, 4) is 11.1 Å². The second kappa shape index (κ2) is 9.24. The monoisotopic (exact) mass is 445 g/mol. The third-order valence-electron chi connectivity index (χ3n) is 6.79. The number of hydrogen-bond donors (Lipinski definition) is 2. The average Bonchev–Trinajstić information content (AvgIpc) is 3.07. The fourth-order valence-electron chi connectivity index (χ4n) is 5.20. The first kappa shape index (κ1) is 22.8. The molecule has 1 aliphatic heterocycles. The van der Waals surface area contributed by atoms with Gasteiger partial charge in [0.25, 0.3) is 0 Å². The number of amides is 1. The molecule has 1 aliphatic carbocycles. The third-order valence-corrected chi connectivity index (χ3v) is 6.79. The molecule has 1 heterocycles. The predicted octanol–water partition coefficient (Wildman–Crippen LogP) is 4.10. The van der Waals surface area contributed by atoms with E-state index < -0.39 is 24.0 Å². The number of benzene rings is 2. The van der Waals surface area contributed by atoms with Gasteiger partial charge in [-0.05, 0) is 48.6 Å². The smallest absolute Gasteiger partial charge is 0.346 e. The minimum Gasteiger partial charge on any atom is -0.346 e. The van der Waals surface area contributed by atoms with Crippen LogP contribution < -0.4 is 10.6 Å². The molecule has 2 aliphatic rings. The Morgan fingerprint density at radius 3 is 2.31 bits per heavy atom. The first-order valence-corrected chi connectivity index (χ1v) is 11.3. The number of nitrogens with zero attached hydrogens (tertiary/aromatic N) is 1. The lowest BCUT2D eigenvalue weighted by Crippen LogP contribution is -2.50. The number of fused-ring (bicyclic) bond motifs is 3. The van der Waals surface area contributed by atoms with Crippen molar-refractivity contribution in [1.29, 1.82) is 0 Å². The molecule has 1 saturated heterocycles. The summed E-state index contributed by atoms with van der Waals surface area (Å²) in [7, 11) is 0. The highest BCUT2D eigenvalue weighted by Gasteiger charge is 2.49. The standard InChI is InChI=1S/C25H30F3N3O/c1-18-16-29-13-15-31(18)14-7-6-12-24(23(32)30-17-25(26,27)28)21-10-4-2-8-19(21)20-9-3-5-11-22(20)24/h2-5,8-11,18,29H,6-7,12-17H2,1H3,(H,30,32)/t18-/m1/s1. The zero-order valence-corrected chi connectivity index (χ0v) is 18.3. The van der Waals surface area contributed by atoms with Crippen LogP contribution in [0.2, 0.25) is 0 Å². The van der Waals surface area contributed by atoms with E-state index in [1.54, 1.807) is 0 Å². The summed E-state index contributed by atoms with van der Waals surface area (Å²) in [5, 5.41) is 5.58. The average molecular weight is 446 g/mol. The molecule has 2 aromatic rings. The van der Waals surface area contributed by atoms with Gasteiger partial charge in [0.15, 0.2) is 0 Å². The number of carbonyl (C=O) groups excluding carboxylic acids is 1. The minimum absolute atomic E-state index is 0.459. The number of rotatable bonds is 7. The lowest BCUT2D eigenvalue weighted by Gasteiger charge is -2.34. The molecule has 1 amide bonds. The maximum atomic E-state index is 13.5. The molecule has 0 saturated carbocycles. The van der Waals surface area contributed by atoms with Crippen LogP contribution in [0.15, 0.2) is 48.5 Å². The van der Waals surface area contributed by atoms with Crippen LogP contribution >= 0.6 is 0 Å². The molecule has 2 N–H and O–H groups in total. The fourth-order valence-corrected chi connectivity index (χ4v) is 5.20. The molecule has 0 radical (unpaired) electrons. The van der Waals surface area contributed by atoms with E-state index >= 15 is 0 Å². The molecule has 2 aromatic carbocycles. The molecule has 1 atom stereocenters. The molecular weight excluding hydrogens is 415 g/mol. The number of halogens is 3. The second-order valence-corrected chi connectivity index (χ2v) is 8.84. The van der Waals surface area contributed by atoms with E-state index in [0.29, 0.717) is 12.5 Å². The van der Waals surface area contributed by atoms with Crippen LogP contribution in [-0.2, 0) is 10.2 Å². The van der Waals surface area contributed by atoms with Gasteiger partial charge in [-0.2, -0.15) is 13.2 Å². The Labute approximate surface area is 187 Å². The van der Waals surface area contributed by atoms with Crippen molar-refractivity contribution < 1.29 is 18.0 Å². The molecule has 4 nitrogen and oxygen atoms in total. The van der Waals surface area contributed by atoms with Crippen LogP contribution in [0.1, 0.15) is 37.3 Å². The van der Waals surface area contributed by atoms with Gasteiger partial charge in [-0.15, -0.1) is 0 Å². The van der Waals surface area contributed by atoms with Crippen molar-refractivity contribution in [2.24, 2.45) is 0 Å². The number of carbonyl (C=O) groups is 1. The SMILES string of the molecule is C[C@@H]1CNCCN1CCCCC1(C(=O)NCC(F)(F)F)c2ccccc2-c2ccccc21. The summed E-state index contributed by atoms with van der Waals surface area (Å²) in [5.41, 5.74) is 2.36. The van der Waals surface area contributed by atoms with Gasteiger partial charge < -0.3 is 10.6 Å².